The lowest BCUT2D eigenvalue weighted by molar-refractivity contribution is 0.287. The fraction of sp³-hybridized carbons (Fsp3) is 0.273. The number of pyridine rings is 1. The van der Waals surface area contributed by atoms with Crippen molar-refractivity contribution in [3.63, 3.8) is 0 Å². The molecule has 0 aromatic carbocycles. The Balaban J connectivity index is 2.16. The predicted molar refractivity (Wildman–Crippen MR) is 65.3 cm³/mol. The maximum Gasteiger partial charge on any atom is 0.359 e. The van der Waals surface area contributed by atoms with Gasteiger partial charge in [-0.3, -0.25) is 0 Å². The van der Waals surface area contributed by atoms with Gasteiger partial charge in [-0.15, -0.1) is 0 Å². The van der Waals surface area contributed by atoms with E-state index < -0.39 is 0 Å². The molecular formula is C11H12ClN3O2. The summed E-state index contributed by atoms with van der Waals surface area (Å²) in [4.78, 5) is 17.0. The van der Waals surface area contributed by atoms with Crippen LogP contribution in [-0.2, 0) is 13.6 Å². The summed E-state index contributed by atoms with van der Waals surface area (Å²) in [7, 11) is 3.56. The molecule has 2 rings (SSSR count). The number of anilines is 1. The second-order valence-corrected chi connectivity index (χ2v) is 4.14. The van der Waals surface area contributed by atoms with E-state index in [-0.39, 0.29) is 5.63 Å². The van der Waals surface area contributed by atoms with Crippen LogP contribution in [0.2, 0.25) is 5.15 Å². The molecule has 0 aliphatic rings. The van der Waals surface area contributed by atoms with Gasteiger partial charge in [0.05, 0.1) is 6.07 Å². The van der Waals surface area contributed by atoms with Gasteiger partial charge in [0.25, 0.3) is 0 Å². The molecule has 0 radical (unpaired) electrons. The largest absolute Gasteiger partial charge is 0.359 e. The maximum atomic E-state index is 11.1. The summed E-state index contributed by atoms with van der Waals surface area (Å²) in [6.07, 6.45) is 1.71. The fourth-order valence-electron chi connectivity index (χ4n) is 1.61. The molecule has 2 aromatic heterocycles. The molecule has 0 atom stereocenters. The molecule has 2 heterocycles. The number of halogens is 1. The third-order valence-corrected chi connectivity index (χ3v) is 2.62. The van der Waals surface area contributed by atoms with Crippen LogP contribution in [-0.4, -0.2) is 16.8 Å². The molecule has 0 saturated carbocycles. The molecule has 0 aliphatic heterocycles. The number of rotatable bonds is 3. The molecule has 90 valence electrons. The summed E-state index contributed by atoms with van der Waals surface area (Å²) < 4.78 is 6.31. The van der Waals surface area contributed by atoms with Crippen LogP contribution in [0.5, 0.6) is 0 Å². The molecule has 17 heavy (non-hydrogen) atoms. The van der Waals surface area contributed by atoms with Gasteiger partial charge in [-0.2, -0.15) is 4.74 Å². The molecule has 0 aliphatic carbocycles. The van der Waals surface area contributed by atoms with Crippen molar-refractivity contribution >= 4 is 17.4 Å². The summed E-state index contributed by atoms with van der Waals surface area (Å²) >= 11 is 5.71. The highest BCUT2D eigenvalue weighted by Gasteiger charge is 2.09. The van der Waals surface area contributed by atoms with Gasteiger partial charge in [-0.05, 0) is 11.6 Å². The average Bonchev–Trinajstić information content (AvgIpc) is 2.61. The fourth-order valence-corrected chi connectivity index (χ4v) is 1.72. The highest BCUT2D eigenvalue weighted by molar-refractivity contribution is 6.29. The van der Waals surface area contributed by atoms with Crippen molar-refractivity contribution in [1.29, 1.82) is 0 Å². The minimum Gasteiger partial charge on any atom is -0.354 e. The Morgan fingerprint density at radius 2 is 2.29 bits per heavy atom. The lowest BCUT2D eigenvalue weighted by Gasteiger charge is -2.17. The van der Waals surface area contributed by atoms with Crippen LogP contribution < -0.4 is 10.5 Å². The van der Waals surface area contributed by atoms with E-state index in [1.165, 1.54) is 10.8 Å². The summed E-state index contributed by atoms with van der Waals surface area (Å²) in [5, 5.41) is 0.465. The Morgan fingerprint density at radius 3 is 2.82 bits per heavy atom. The lowest BCUT2D eigenvalue weighted by atomic mass is 10.3. The monoisotopic (exact) mass is 253 g/mol. The SMILES string of the molecule is CN(Cc1ccc(Cl)nc1)c1cc(=O)on1C. The van der Waals surface area contributed by atoms with Gasteiger partial charge in [0.15, 0.2) is 0 Å². The normalized spacial score (nSPS) is 10.5. The van der Waals surface area contributed by atoms with Crippen LogP contribution in [0.4, 0.5) is 5.82 Å². The molecule has 0 N–H and O–H groups in total. The number of aromatic nitrogens is 2. The minimum atomic E-state index is -0.358. The van der Waals surface area contributed by atoms with Gasteiger partial charge in [0.1, 0.15) is 11.0 Å². The smallest absolute Gasteiger partial charge is 0.354 e. The van der Waals surface area contributed by atoms with Gasteiger partial charge < -0.3 is 9.42 Å². The number of aryl methyl sites for hydroxylation is 1. The number of hydrogen-bond acceptors (Lipinski definition) is 4. The lowest BCUT2D eigenvalue weighted by Crippen LogP contribution is -2.18. The predicted octanol–water partition coefficient (Wildman–Crippen LogP) is 1.66. The van der Waals surface area contributed by atoms with Gasteiger partial charge in [0.2, 0.25) is 0 Å². The van der Waals surface area contributed by atoms with E-state index in [2.05, 4.69) is 4.98 Å². The summed E-state index contributed by atoms with van der Waals surface area (Å²) in [6, 6.07) is 5.08. The molecule has 2 aromatic rings. The van der Waals surface area contributed by atoms with Crippen LogP contribution in [0.25, 0.3) is 0 Å². The molecule has 5 nitrogen and oxygen atoms in total. The Morgan fingerprint density at radius 1 is 1.53 bits per heavy atom. The van der Waals surface area contributed by atoms with Crippen LogP contribution in [0, 0.1) is 0 Å². The number of nitrogens with zero attached hydrogens (tertiary/aromatic N) is 3. The van der Waals surface area contributed by atoms with Gasteiger partial charge in [-0.1, -0.05) is 17.7 Å². The first-order valence-electron chi connectivity index (χ1n) is 5.05. The van der Waals surface area contributed by atoms with Crippen molar-refractivity contribution in [2.45, 2.75) is 6.54 Å². The van der Waals surface area contributed by atoms with E-state index >= 15 is 0 Å². The topological polar surface area (TPSA) is 51.3 Å². The zero-order chi connectivity index (χ0) is 12.4. The number of hydrogen-bond donors (Lipinski definition) is 0. The molecule has 0 bridgehead atoms. The van der Waals surface area contributed by atoms with E-state index in [0.29, 0.717) is 17.5 Å². The molecule has 0 saturated heterocycles. The van der Waals surface area contributed by atoms with E-state index in [0.717, 1.165) is 5.56 Å². The molecule has 0 spiro atoms. The molecule has 0 amide bonds. The zero-order valence-electron chi connectivity index (χ0n) is 9.55. The van der Waals surface area contributed by atoms with Crippen molar-refractivity contribution in [3.05, 3.63) is 45.5 Å². The molecule has 6 heteroatoms. The highest BCUT2D eigenvalue weighted by atomic mass is 35.5. The van der Waals surface area contributed by atoms with Crippen molar-refractivity contribution < 1.29 is 4.52 Å². The first-order chi connectivity index (χ1) is 8.06. The average molecular weight is 254 g/mol. The van der Waals surface area contributed by atoms with Crippen molar-refractivity contribution in [3.8, 4) is 0 Å². The van der Waals surface area contributed by atoms with Crippen LogP contribution >= 0.6 is 11.6 Å². The highest BCUT2D eigenvalue weighted by Crippen LogP contribution is 2.13. The van der Waals surface area contributed by atoms with E-state index in [1.807, 2.05) is 18.0 Å². The third kappa shape index (κ3) is 2.68. The zero-order valence-corrected chi connectivity index (χ0v) is 10.3. The minimum absolute atomic E-state index is 0.358. The van der Waals surface area contributed by atoms with Crippen molar-refractivity contribution in [2.75, 3.05) is 11.9 Å². The Labute approximate surface area is 103 Å². The van der Waals surface area contributed by atoms with Gasteiger partial charge in [0, 0.05) is 26.8 Å². The Bertz CT molecular complexity index is 559. The van der Waals surface area contributed by atoms with Crippen molar-refractivity contribution in [1.82, 2.24) is 9.72 Å². The standard InChI is InChI=1S/C11H12ClN3O2/c1-14(10-5-11(16)17-15(10)2)7-8-3-4-9(12)13-6-8/h3-6H,7H2,1-2H3. The first kappa shape index (κ1) is 11.7. The van der Waals surface area contributed by atoms with Crippen LogP contribution in [0.15, 0.2) is 33.7 Å². The second-order valence-electron chi connectivity index (χ2n) is 3.76. The molecule has 0 fully saturated rings. The van der Waals surface area contributed by atoms with Crippen molar-refractivity contribution in [2.24, 2.45) is 7.05 Å². The molecular weight excluding hydrogens is 242 g/mol. The Kier molecular flexibility index (Phi) is 3.19. The van der Waals surface area contributed by atoms with E-state index in [4.69, 9.17) is 16.1 Å². The van der Waals surface area contributed by atoms with Crippen LogP contribution in [0.3, 0.4) is 0 Å². The quantitative estimate of drug-likeness (QED) is 0.781. The van der Waals surface area contributed by atoms with Crippen LogP contribution in [0.1, 0.15) is 5.56 Å². The molecule has 0 unspecified atom stereocenters. The third-order valence-electron chi connectivity index (χ3n) is 2.40. The van der Waals surface area contributed by atoms with Gasteiger partial charge in [-0.25, -0.2) is 9.78 Å². The Hall–Kier alpha value is -1.75. The van der Waals surface area contributed by atoms with E-state index in [1.54, 1.807) is 19.3 Å². The maximum absolute atomic E-state index is 11.1. The van der Waals surface area contributed by atoms with Gasteiger partial charge >= 0.3 is 5.63 Å². The summed E-state index contributed by atoms with van der Waals surface area (Å²) in [6.45, 7) is 0.622. The van der Waals surface area contributed by atoms with E-state index in [9.17, 15) is 4.79 Å². The summed E-state index contributed by atoms with van der Waals surface area (Å²) in [5.74, 6) is 0.713. The first-order valence-corrected chi connectivity index (χ1v) is 5.43. The second kappa shape index (κ2) is 4.63. The summed E-state index contributed by atoms with van der Waals surface area (Å²) in [5.41, 5.74) is 0.647.